The van der Waals surface area contributed by atoms with E-state index < -0.39 is 23.7 Å². The van der Waals surface area contributed by atoms with Crippen LogP contribution in [0, 0.1) is 0 Å². The van der Waals surface area contributed by atoms with Gasteiger partial charge in [-0.05, 0) is 29.8 Å². The first-order valence-corrected chi connectivity index (χ1v) is 11.4. The van der Waals surface area contributed by atoms with Crippen LogP contribution < -0.4 is 21.5 Å². The molecule has 0 saturated heterocycles. The number of nitrogens with one attached hydrogen (secondary N) is 1. The van der Waals surface area contributed by atoms with Crippen LogP contribution in [0.25, 0.3) is 0 Å². The van der Waals surface area contributed by atoms with Crippen molar-refractivity contribution in [1.82, 2.24) is 5.32 Å². The van der Waals surface area contributed by atoms with Gasteiger partial charge in [0, 0.05) is 35.4 Å². The van der Waals surface area contributed by atoms with Crippen molar-refractivity contribution in [2.24, 2.45) is 16.5 Å². The molecule has 2 unspecified atom stereocenters. The lowest BCUT2D eigenvalue weighted by atomic mass is 9.78. The second-order valence-electron chi connectivity index (χ2n) is 8.07. The number of aliphatic carboxylic acids is 1. The van der Waals surface area contributed by atoms with E-state index >= 15 is 0 Å². The third-order valence-corrected chi connectivity index (χ3v) is 5.74. The maximum Gasteiger partial charge on any atom is 0.490 e. The van der Waals surface area contributed by atoms with Crippen LogP contribution in [0.4, 0.5) is 22.0 Å². The van der Waals surface area contributed by atoms with Gasteiger partial charge in [0.05, 0.1) is 12.2 Å². The molecule has 0 amide bonds. The van der Waals surface area contributed by atoms with Crippen molar-refractivity contribution in [3.63, 3.8) is 0 Å². The highest BCUT2D eigenvalue weighted by molar-refractivity contribution is 7.17. The average Bonchev–Trinajstić information content (AvgIpc) is 2.83. The fourth-order valence-corrected chi connectivity index (χ4v) is 3.95. The summed E-state index contributed by atoms with van der Waals surface area (Å²) in [5.41, 5.74) is 11.1. The summed E-state index contributed by atoms with van der Waals surface area (Å²) in [5, 5.41) is 10.1. The van der Waals surface area contributed by atoms with Gasteiger partial charge in [-0.25, -0.2) is 9.79 Å². The van der Waals surface area contributed by atoms with E-state index in [-0.39, 0.29) is 29.5 Å². The van der Waals surface area contributed by atoms with Gasteiger partial charge in [0.1, 0.15) is 17.3 Å². The quantitative estimate of drug-likeness (QED) is 0.332. The number of ketones is 1. The van der Waals surface area contributed by atoms with Gasteiger partial charge in [-0.15, -0.1) is 0 Å². The number of aliphatic imine (C=N–C) groups is 1. The number of halogens is 5. The predicted molar refractivity (Wildman–Crippen MR) is 132 cm³/mol. The maximum atomic E-state index is 13.6. The molecule has 2 aromatic rings. The molecule has 2 heterocycles. The van der Waals surface area contributed by atoms with Crippen molar-refractivity contribution < 1.29 is 41.4 Å². The smallest absolute Gasteiger partial charge is 0.475 e. The fourth-order valence-electron chi connectivity index (χ4n) is 3.77. The zero-order chi connectivity index (χ0) is 28.3. The van der Waals surface area contributed by atoms with E-state index in [0.717, 1.165) is 5.56 Å². The molecule has 0 radical (unpaired) electrons. The van der Waals surface area contributed by atoms with Crippen LogP contribution in [0.3, 0.4) is 0 Å². The Balaban J connectivity index is 0.000000505. The van der Waals surface area contributed by atoms with Gasteiger partial charge in [-0.1, -0.05) is 33.5 Å². The molecule has 0 bridgehead atoms. The Morgan fingerprint density at radius 2 is 1.71 bits per heavy atom. The van der Waals surface area contributed by atoms with E-state index in [2.05, 4.69) is 10.3 Å². The number of hydrogen-bond donors (Lipinski definition) is 4. The van der Waals surface area contributed by atoms with Crippen molar-refractivity contribution in [2.45, 2.75) is 17.8 Å². The number of hydrogen-bond acceptors (Lipinski definition) is 7. The topological polar surface area (TPSA) is 140 Å². The Bertz CT molecular complexity index is 1340. The second kappa shape index (κ2) is 11.3. The normalized spacial score (nSPS) is 18.8. The Hall–Kier alpha value is -3.83. The number of carbonyl (C=O) groups excluding carboxylic acids is 1. The van der Waals surface area contributed by atoms with Crippen LogP contribution in [-0.2, 0) is 15.3 Å². The minimum absolute atomic E-state index is 0.0800. The van der Waals surface area contributed by atoms with Crippen molar-refractivity contribution in [3.05, 3.63) is 82.7 Å². The molecule has 8 nitrogen and oxygen atoms in total. The molecule has 0 saturated carbocycles. The lowest BCUT2D eigenvalue weighted by molar-refractivity contribution is -0.192. The molecule has 0 spiro atoms. The number of alkyl halides is 5. The number of carbonyl (C=O) groups is 2. The van der Waals surface area contributed by atoms with Crippen molar-refractivity contribution in [1.29, 1.82) is 0 Å². The molecular formula is C24H22F5N4O4P. The van der Waals surface area contributed by atoms with E-state index in [9.17, 15) is 26.7 Å². The molecular weight excluding hydrogens is 534 g/mol. The predicted octanol–water partition coefficient (Wildman–Crippen LogP) is 3.76. The lowest BCUT2D eigenvalue weighted by Crippen LogP contribution is -2.39. The third-order valence-electron chi connectivity index (χ3n) is 5.41. The minimum Gasteiger partial charge on any atom is -0.475 e. The van der Waals surface area contributed by atoms with Gasteiger partial charge in [0.25, 0.3) is 5.66 Å². The van der Waals surface area contributed by atoms with E-state index in [1.165, 1.54) is 33.6 Å². The molecule has 0 fully saturated rings. The molecule has 4 rings (SSSR count). The number of nitrogens with zero attached hydrogens (tertiary/aromatic N) is 1. The zero-order valence-corrected chi connectivity index (χ0v) is 20.6. The first-order chi connectivity index (χ1) is 17.7. The third kappa shape index (κ3) is 6.73. The molecule has 0 aromatic heterocycles. The molecule has 2 aliphatic rings. The number of amidine groups is 1. The summed E-state index contributed by atoms with van der Waals surface area (Å²) in [7, 11) is 1.51. The molecule has 2 aliphatic heterocycles. The number of rotatable bonds is 4. The van der Waals surface area contributed by atoms with E-state index in [0.29, 0.717) is 29.1 Å². The van der Waals surface area contributed by atoms with Crippen molar-refractivity contribution in [2.75, 3.05) is 13.1 Å². The number of Topliss-reactive ketones (excluding diaryl/α,β-unsaturated/α-hetero) is 1. The molecule has 6 N–H and O–H groups in total. The van der Waals surface area contributed by atoms with Gasteiger partial charge in [-0.2, -0.15) is 22.0 Å². The standard InChI is InChI=1S/C22H21F2N4O2P.C2HF3O2/c23-22(24,31)13-4-2-6-15(8-13)30-14-5-1-3-12(7-14)19-16(9-25)21(26)28-17-10-27-11-18(29)20(17)19;3-2(4,5)1(6)7/h1-9,19,27H,10-11,25,31H2,(H2,26,28);(H,6,7)/b16-9-;. The SMILES string of the molecule is N/C=C1\C(N)=NC2=C(C(=O)CNC2)C1c1cccc(Oc2cccc(C(F)(F)P)c2)c1.O=C(O)C(F)(F)F. The summed E-state index contributed by atoms with van der Waals surface area (Å²) < 4.78 is 64.8. The summed E-state index contributed by atoms with van der Waals surface area (Å²) in [4.78, 5) is 25.9. The van der Waals surface area contributed by atoms with Crippen LogP contribution >= 0.6 is 9.24 Å². The van der Waals surface area contributed by atoms with Crippen LogP contribution in [0.5, 0.6) is 11.5 Å². The van der Waals surface area contributed by atoms with E-state index in [4.69, 9.17) is 26.1 Å². The Morgan fingerprint density at radius 3 is 2.29 bits per heavy atom. The monoisotopic (exact) mass is 556 g/mol. The Morgan fingerprint density at radius 1 is 1.11 bits per heavy atom. The van der Waals surface area contributed by atoms with E-state index in [1.54, 1.807) is 24.3 Å². The van der Waals surface area contributed by atoms with Crippen LogP contribution in [0.15, 0.2) is 76.6 Å². The molecule has 2 aromatic carbocycles. The van der Waals surface area contributed by atoms with Crippen LogP contribution in [0.2, 0.25) is 0 Å². The average molecular weight is 556 g/mol. The molecule has 14 heteroatoms. The number of ether oxygens (including phenoxy) is 1. The maximum absolute atomic E-state index is 13.6. The van der Waals surface area contributed by atoms with Crippen molar-refractivity contribution in [3.8, 4) is 11.5 Å². The molecule has 38 heavy (non-hydrogen) atoms. The Kier molecular flexibility index (Phi) is 8.53. The highest BCUT2D eigenvalue weighted by Gasteiger charge is 2.38. The van der Waals surface area contributed by atoms with E-state index in [1.807, 2.05) is 6.07 Å². The molecule has 202 valence electrons. The van der Waals surface area contributed by atoms with Gasteiger partial charge in [0.2, 0.25) is 0 Å². The summed E-state index contributed by atoms with van der Waals surface area (Å²) in [6.07, 6.45) is -3.72. The summed E-state index contributed by atoms with van der Waals surface area (Å²) in [6, 6.07) is 12.8. The number of carboxylic acids is 1. The van der Waals surface area contributed by atoms with Gasteiger partial charge < -0.3 is 26.6 Å². The van der Waals surface area contributed by atoms with Gasteiger partial charge >= 0.3 is 12.1 Å². The zero-order valence-electron chi connectivity index (χ0n) is 19.4. The fraction of sp³-hybridized carbons (Fsp3) is 0.208. The lowest BCUT2D eigenvalue weighted by Gasteiger charge is -2.31. The second-order valence-corrected chi connectivity index (χ2v) is 8.79. The summed E-state index contributed by atoms with van der Waals surface area (Å²) in [6.45, 7) is 0.636. The number of carboxylic acid groups (broad SMARTS) is 1. The van der Waals surface area contributed by atoms with Crippen LogP contribution in [0.1, 0.15) is 17.0 Å². The highest BCUT2D eigenvalue weighted by atomic mass is 31.0. The minimum atomic E-state index is -5.08. The summed E-state index contributed by atoms with van der Waals surface area (Å²) in [5.74, 6) is -2.37. The first kappa shape index (κ1) is 28.7. The van der Waals surface area contributed by atoms with Gasteiger partial charge in [-0.3, -0.25) is 4.79 Å². The number of benzene rings is 2. The molecule has 2 atom stereocenters. The number of nitrogens with two attached hydrogens (primary N) is 2. The Labute approximate surface area is 215 Å². The molecule has 0 aliphatic carbocycles. The first-order valence-electron chi connectivity index (χ1n) is 10.8. The summed E-state index contributed by atoms with van der Waals surface area (Å²) >= 11 is 0. The van der Waals surface area contributed by atoms with Crippen molar-refractivity contribution >= 4 is 26.8 Å². The highest BCUT2D eigenvalue weighted by Crippen LogP contribution is 2.40. The largest absolute Gasteiger partial charge is 0.490 e. The van der Waals surface area contributed by atoms with Crippen LogP contribution in [-0.4, -0.2) is 42.0 Å². The van der Waals surface area contributed by atoms with Gasteiger partial charge in [0.15, 0.2) is 5.78 Å².